The van der Waals surface area contributed by atoms with Crippen LogP contribution in [0.5, 0.6) is 0 Å². The molecule has 134 valence electrons. The Hall–Kier alpha value is -2.34. The minimum Gasteiger partial charge on any atom is -0.428 e. The molecule has 0 spiro atoms. The van der Waals surface area contributed by atoms with Gasteiger partial charge < -0.3 is 14.4 Å². The maximum Gasteiger partial charge on any atom is 0.421 e. The highest BCUT2D eigenvalue weighted by atomic mass is 16.7. The van der Waals surface area contributed by atoms with Crippen molar-refractivity contribution in [2.75, 3.05) is 27.4 Å². The first-order valence-electron chi connectivity index (χ1n) is 8.63. The van der Waals surface area contributed by atoms with Gasteiger partial charge in [0.25, 0.3) is 0 Å². The van der Waals surface area contributed by atoms with Gasteiger partial charge in [0.15, 0.2) is 0 Å². The fraction of sp³-hybridized carbons (Fsp3) is 0.474. The van der Waals surface area contributed by atoms with Gasteiger partial charge in [-0.3, -0.25) is 9.36 Å². The Kier molecular flexibility index (Phi) is 5.38. The summed E-state index contributed by atoms with van der Waals surface area (Å²) in [6, 6.07) is 7.73. The smallest absolute Gasteiger partial charge is 0.421 e. The SMILES string of the molecule is CN(C)CCc1cn(C(=O)OCOC(=O)C2CCC2)c2ccccc12. The van der Waals surface area contributed by atoms with Crippen molar-refractivity contribution in [2.24, 2.45) is 5.92 Å². The van der Waals surface area contributed by atoms with Gasteiger partial charge in [-0.15, -0.1) is 0 Å². The summed E-state index contributed by atoms with van der Waals surface area (Å²) in [5.41, 5.74) is 1.89. The first-order valence-corrected chi connectivity index (χ1v) is 8.63. The highest BCUT2D eigenvalue weighted by Crippen LogP contribution is 2.27. The lowest BCUT2D eigenvalue weighted by Gasteiger charge is -2.22. The topological polar surface area (TPSA) is 60.8 Å². The second-order valence-electron chi connectivity index (χ2n) is 6.71. The molecule has 1 aliphatic carbocycles. The molecule has 6 heteroatoms. The van der Waals surface area contributed by atoms with Crippen LogP contribution in [0.1, 0.15) is 24.8 Å². The number of carbonyl (C=O) groups excluding carboxylic acids is 2. The Morgan fingerprint density at radius 3 is 2.64 bits per heavy atom. The molecule has 25 heavy (non-hydrogen) atoms. The highest BCUT2D eigenvalue weighted by Gasteiger charge is 2.27. The zero-order valence-corrected chi connectivity index (χ0v) is 14.7. The van der Waals surface area contributed by atoms with Gasteiger partial charge in [0.05, 0.1) is 11.4 Å². The zero-order chi connectivity index (χ0) is 17.8. The van der Waals surface area contributed by atoms with Crippen LogP contribution in [-0.2, 0) is 20.7 Å². The van der Waals surface area contributed by atoms with Crippen LogP contribution in [0.3, 0.4) is 0 Å². The Morgan fingerprint density at radius 1 is 1.20 bits per heavy atom. The van der Waals surface area contributed by atoms with Crippen molar-refractivity contribution >= 4 is 23.0 Å². The fourth-order valence-electron chi connectivity index (χ4n) is 2.91. The van der Waals surface area contributed by atoms with Crippen LogP contribution >= 0.6 is 0 Å². The molecule has 1 fully saturated rings. The molecule has 0 saturated heterocycles. The summed E-state index contributed by atoms with van der Waals surface area (Å²) in [7, 11) is 4.04. The number of likely N-dealkylation sites (N-methyl/N-ethyl adjacent to an activating group) is 1. The summed E-state index contributed by atoms with van der Waals surface area (Å²) in [6.45, 7) is 0.551. The van der Waals surface area contributed by atoms with Crippen LogP contribution in [0.4, 0.5) is 4.79 Å². The summed E-state index contributed by atoms with van der Waals surface area (Å²) in [4.78, 5) is 26.2. The Morgan fingerprint density at radius 2 is 1.96 bits per heavy atom. The Labute approximate surface area is 147 Å². The van der Waals surface area contributed by atoms with Crippen molar-refractivity contribution < 1.29 is 19.1 Å². The zero-order valence-electron chi connectivity index (χ0n) is 14.7. The molecular weight excluding hydrogens is 320 g/mol. The van der Waals surface area contributed by atoms with Gasteiger partial charge in [0.1, 0.15) is 0 Å². The first kappa shape index (κ1) is 17.5. The number of nitrogens with zero attached hydrogens (tertiary/aromatic N) is 2. The van der Waals surface area contributed by atoms with Crippen molar-refractivity contribution in [3.63, 3.8) is 0 Å². The molecule has 0 aliphatic heterocycles. The van der Waals surface area contributed by atoms with Crippen LogP contribution in [-0.4, -0.2) is 49.0 Å². The van der Waals surface area contributed by atoms with E-state index in [-0.39, 0.29) is 18.7 Å². The van der Waals surface area contributed by atoms with Crippen LogP contribution in [0.25, 0.3) is 10.9 Å². The van der Waals surface area contributed by atoms with Crippen molar-refractivity contribution in [3.8, 4) is 0 Å². The number of aromatic nitrogens is 1. The van der Waals surface area contributed by atoms with Crippen LogP contribution in [0.2, 0.25) is 0 Å². The molecule has 2 aromatic rings. The predicted molar refractivity (Wildman–Crippen MR) is 94.4 cm³/mol. The van der Waals surface area contributed by atoms with Gasteiger partial charge in [-0.25, -0.2) is 4.79 Å². The summed E-state index contributed by atoms with van der Waals surface area (Å²) in [5.74, 6) is -0.299. The van der Waals surface area contributed by atoms with E-state index in [1.54, 1.807) is 0 Å². The summed E-state index contributed by atoms with van der Waals surface area (Å²) < 4.78 is 11.7. The van der Waals surface area contributed by atoms with E-state index in [0.717, 1.165) is 48.7 Å². The van der Waals surface area contributed by atoms with E-state index in [9.17, 15) is 9.59 Å². The lowest BCUT2D eigenvalue weighted by molar-refractivity contribution is -0.159. The number of hydrogen-bond acceptors (Lipinski definition) is 5. The Bertz CT molecular complexity index is 762. The lowest BCUT2D eigenvalue weighted by atomic mass is 9.86. The molecule has 1 aromatic carbocycles. The third kappa shape index (κ3) is 4.02. The maximum absolute atomic E-state index is 12.4. The van der Waals surface area contributed by atoms with Crippen molar-refractivity contribution in [3.05, 3.63) is 36.0 Å². The van der Waals surface area contributed by atoms with Gasteiger partial charge >= 0.3 is 12.1 Å². The molecule has 1 heterocycles. The highest BCUT2D eigenvalue weighted by molar-refractivity contribution is 5.92. The van der Waals surface area contributed by atoms with E-state index in [0.29, 0.717) is 0 Å². The first-order chi connectivity index (χ1) is 12.1. The van der Waals surface area contributed by atoms with Crippen molar-refractivity contribution in [1.29, 1.82) is 0 Å². The lowest BCUT2D eigenvalue weighted by Crippen LogP contribution is -2.26. The number of para-hydroxylation sites is 1. The average Bonchev–Trinajstić information content (AvgIpc) is 2.90. The van der Waals surface area contributed by atoms with Gasteiger partial charge in [0.2, 0.25) is 6.79 Å². The van der Waals surface area contributed by atoms with E-state index in [1.807, 2.05) is 44.6 Å². The minimum atomic E-state index is -0.534. The molecule has 0 atom stereocenters. The number of ether oxygens (including phenoxy) is 2. The van der Waals surface area contributed by atoms with Gasteiger partial charge in [0, 0.05) is 18.1 Å². The number of benzene rings is 1. The molecule has 0 radical (unpaired) electrons. The monoisotopic (exact) mass is 344 g/mol. The number of rotatable bonds is 6. The van der Waals surface area contributed by atoms with Gasteiger partial charge in [-0.1, -0.05) is 24.6 Å². The fourth-order valence-corrected chi connectivity index (χ4v) is 2.91. The maximum atomic E-state index is 12.4. The van der Waals surface area contributed by atoms with Crippen molar-refractivity contribution in [2.45, 2.75) is 25.7 Å². The molecule has 1 aliphatic rings. The molecule has 0 unspecified atom stereocenters. The molecule has 0 amide bonds. The number of esters is 1. The molecule has 0 N–H and O–H groups in total. The van der Waals surface area contributed by atoms with E-state index in [2.05, 4.69) is 4.90 Å². The molecule has 6 nitrogen and oxygen atoms in total. The normalized spacial score (nSPS) is 14.5. The number of fused-ring (bicyclic) bond motifs is 1. The standard InChI is InChI=1S/C19H24N2O4/c1-20(2)11-10-15-12-21(17-9-4-3-8-16(15)17)19(23)25-13-24-18(22)14-6-5-7-14/h3-4,8-9,12,14H,5-7,10-11,13H2,1-2H3. The second-order valence-corrected chi connectivity index (χ2v) is 6.71. The molecule has 1 aromatic heterocycles. The van der Waals surface area contributed by atoms with E-state index in [4.69, 9.17) is 9.47 Å². The molecule has 3 rings (SSSR count). The third-order valence-corrected chi connectivity index (χ3v) is 4.64. The predicted octanol–water partition coefficient (Wildman–Crippen LogP) is 3.03. The molecule has 0 bridgehead atoms. The number of carbonyl (C=O) groups is 2. The second kappa shape index (κ2) is 7.70. The molecule has 1 saturated carbocycles. The van der Waals surface area contributed by atoms with Gasteiger partial charge in [-0.05, 0) is 45.0 Å². The quantitative estimate of drug-likeness (QED) is 0.595. The number of hydrogen-bond donors (Lipinski definition) is 0. The van der Waals surface area contributed by atoms with E-state index in [1.165, 1.54) is 4.57 Å². The van der Waals surface area contributed by atoms with E-state index < -0.39 is 6.09 Å². The molecular formula is C19H24N2O4. The van der Waals surface area contributed by atoms with Gasteiger partial charge in [-0.2, -0.15) is 0 Å². The minimum absolute atomic E-state index is 0.0243. The summed E-state index contributed by atoms with van der Waals surface area (Å²) in [5, 5.41) is 1.03. The van der Waals surface area contributed by atoms with Crippen LogP contribution < -0.4 is 0 Å². The summed E-state index contributed by atoms with van der Waals surface area (Å²) >= 11 is 0. The Balaban J connectivity index is 1.66. The summed E-state index contributed by atoms with van der Waals surface area (Å²) in [6.07, 6.45) is 4.90. The average molecular weight is 344 g/mol. The van der Waals surface area contributed by atoms with Crippen LogP contribution in [0, 0.1) is 5.92 Å². The third-order valence-electron chi connectivity index (χ3n) is 4.64. The largest absolute Gasteiger partial charge is 0.428 e. The van der Waals surface area contributed by atoms with Crippen molar-refractivity contribution in [1.82, 2.24) is 9.47 Å². The van der Waals surface area contributed by atoms with E-state index >= 15 is 0 Å². The van der Waals surface area contributed by atoms with Crippen LogP contribution in [0.15, 0.2) is 30.5 Å².